The van der Waals surface area contributed by atoms with Crippen molar-refractivity contribution < 1.29 is 40.7 Å². The Morgan fingerprint density at radius 3 is 2.29 bits per heavy atom. The van der Waals surface area contributed by atoms with Gasteiger partial charge in [0.25, 0.3) is 5.89 Å². The van der Waals surface area contributed by atoms with Gasteiger partial charge in [0.05, 0.1) is 5.56 Å². The van der Waals surface area contributed by atoms with Crippen molar-refractivity contribution in [3.05, 3.63) is 65.6 Å². The van der Waals surface area contributed by atoms with E-state index in [9.17, 15) is 26.7 Å². The highest BCUT2D eigenvalue weighted by Gasteiger charge is 2.31. The number of nitrogens with zero attached hydrogens (tertiary/aromatic N) is 2. The minimum Gasteiger partial charge on any atom is -0.452 e. The Balaban J connectivity index is 1.63. The normalized spacial score (nSPS) is 11.3. The molecule has 6 nitrogen and oxygen atoms in total. The van der Waals surface area contributed by atoms with E-state index < -0.39 is 36.3 Å². The van der Waals surface area contributed by atoms with Gasteiger partial charge < -0.3 is 14.0 Å². The van der Waals surface area contributed by atoms with Crippen molar-refractivity contribution in [2.75, 3.05) is 0 Å². The molecule has 3 aromatic rings. The fourth-order valence-corrected chi connectivity index (χ4v) is 2.12. The third-order valence-electron chi connectivity index (χ3n) is 3.24. The van der Waals surface area contributed by atoms with Crippen LogP contribution >= 0.6 is 0 Å². The van der Waals surface area contributed by atoms with Crippen molar-refractivity contribution in [1.82, 2.24) is 10.1 Å². The number of alkyl halides is 3. The summed E-state index contributed by atoms with van der Waals surface area (Å²) >= 11 is 0. The molecule has 0 spiro atoms. The highest BCUT2D eigenvalue weighted by molar-refractivity contribution is 5.89. The number of aromatic nitrogens is 2. The summed E-state index contributed by atoms with van der Waals surface area (Å²) in [6.45, 7) is -0.473. The van der Waals surface area contributed by atoms with Crippen LogP contribution in [0.15, 0.2) is 47.0 Å². The van der Waals surface area contributed by atoms with E-state index in [1.54, 1.807) is 0 Å². The van der Waals surface area contributed by atoms with Crippen LogP contribution in [0.1, 0.15) is 16.2 Å². The molecule has 0 fully saturated rings. The minimum atomic E-state index is -4.81. The fraction of sp³-hybridized carbons (Fsp3) is 0.118. The predicted octanol–water partition coefficient (Wildman–Crippen LogP) is 4.27. The molecule has 0 saturated carbocycles. The van der Waals surface area contributed by atoms with Gasteiger partial charge in [0.1, 0.15) is 17.4 Å². The number of benzene rings is 2. The summed E-state index contributed by atoms with van der Waals surface area (Å²) in [6.07, 6.45) is -4.81. The van der Waals surface area contributed by atoms with E-state index >= 15 is 0 Å². The van der Waals surface area contributed by atoms with Crippen molar-refractivity contribution in [2.24, 2.45) is 0 Å². The summed E-state index contributed by atoms with van der Waals surface area (Å²) in [4.78, 5) is 15.7. The van der Waals surface area contributed by atoms with Crippen LogP contribution in [0.3, 0.4) is 0 Å². The molecule has 0 bridgehead atoms. The molecule has 146 valence electrons. The number of carbonyl (C=O) groups is 1. The predicted molar refractivity (Wildman–Crippen MR) is 81.9 cm³/mol. The second-order valence-corrected chi connectivity index (χ2v) is 5.32. The van der Waals surface area contributed by atoms with E-state index in [1.807, 2.05) is 0 Å². The molecule has 28 heavy (non-hydrogen) atoms. The van der Waals surface area contributed by atoms with Gasteiger partial charge in [0, 0.05) is 11.6 Å². The summed E-state index contributed by atoms with van der Waals surface area (Å²) in [6, 6.07) is 6.89. The first-order valence-electron chi connectivity index (χ1n) is 7.51. The van der Waals surface area contributed by atoms with Gasteiger partial charge in [0.2, 0.25) is 5.82 Å². The maximum atomic E-state index is 13.1. The molecular weight excluding hydrogens is 391 g/mol. The number of halogens is 5. The van der Waals surface area contributed by atoms with Crippen molar-refractivity contribution in [3.8, 4) is 17.1 Å². The van der Waals surface area contributed by atoms with Crippen LogP contribution in [0.4, 0.5) is 22.0 Å². The van der Waals surface area contributed by atoms with Crippen molar-refractivity contribution in [1.29, 1.82) is 0 Å². The van der Waals surface area contributed by atoms with E-state index in [4.69, 9.17) is 9.26 Å². The number of carbonyl (C=O) groups excluding carboxylic acids is 1. The van der Waals surface area contributed by atoms with Gasteiger partial charge in [-0.25, -0.2) is 13.6 Å². The second kappa shape index (κ2) is 7.62. The zero-order valence-electron chi connectivity index (χ0n) is 13.7. The Bertz CT molecular complexity index is 966. The lowest BCUT2D eigenvalue weighted by Gasteiger charge is -2.08. The summed E-state index contributed by atoms with van der Waals surface area (Å²) in [5.74, 6) is -3.41. The first-order chi connectivity index (χ1) is 13.2. The Morgan fingerprint density at radius 2 is 1.68 bits per heavy atom. The lowest BCUT2D eigenvalue weighted by atomic mass is 10.2. The van der Waals surface area contributed by atoms with E-state index in [0.717, 1.165) is 24.3 Å². The third-order valence-corrected chi connectivity index (χ3v) is 3.24. The SMILES string of the molecule is O=C(OCc1nc(-c2ccc(OC(F)(F)F)cc2)no1)c1cc(F)cc(F)c1. The largest absolute Gasteiger partial charge is 0.573 e. The molecule has 0 amide bonds. The molecule has 3 rings (SSSR count). The van der Waals surface area contributed by atoms with Crippen LogP contribution in [0.5, 0.6) is 5.75 Å². The molecule has 0 aliphatic heterocycles. The number of esters is 1. The van der Waals surface area contributed by atoms with Gasteiger partial charge in [0.15, 0.2) is 6.61 Å². The topological polar surface area (TPSA) is 74.5 Å². The van der Waals surface area contributed by atoms with Crippen LogP contribution in [0, 0.1) is 11.6 Å². The third kappa shape index (κ3) is 5.02. The molecule has 0 N–H and O–H groups in total. The summed E-state index contributed by atoms with van der Waals surface area (Å²) in [7, 11) is 0. The van der Waals surface area contributed by atoms with Crippen molar-refractivity contribution in [2.45, 2.75) is 13.0 Å². The standard InChI is InChI=1S/C17H9F5N2O4/c18-11-5-10(6-12(19)7-11)16(25)26-8-14-23-15(24-28-14)9-1-3-13(4-2-9)27-17(20,21)22/h1-7H,8H2. The van der Waals surface area contributed by atoms with Crippen LogP contribution in [0.25, 0.3) is 11.4 Å². The Morgan fingerprint density at radius 1 is 1.04 bits per heavy atom. The molecular formula is C17H9F5N2O4. The zero-order valence-corrected chi connectivity index (χ0v) is 13.7. The first-order valence-corrected chi connectivity index (χ1v) is 7.51. The van der Waals surface area contributed by atoms with Crippen LogP contribution in [0.2, 0.25) is 0 Å². The number of hydrogen-bond donors (Lipinski definition) is 0. The van der Waals surface area contributed by atoms with E-state index in [-0.39, 0.29) is 17.3 Å². The van der Waals surface area contributed by atoms with Crippen molar-refractivity contribution in [3.63, 3.8) is 0 Å². The number of rotatable bonds is 5. The highest BCUT2D eigenvalue weighted by Crippen LogP contribution is 2.25. The van der Waals surface area contributed by atoms with Gasteiger partial charge in [-0.3, -0.25) is 0 Å². The van der Waals surface area contributed by atoms with E-state index in [1.165, 1.54) is 12.1 Å². The second-order valence-electron chi connectivity index (χ2n) is 5.32. The van der Waals surface area contributed by atoms with E-state index in [2.05, 4.69) is 14.9 Å². The van der Waals surface area contributed by atoms with E-state index in [0.29, 0.717) is 11.6 Å². The Kier molecular flexibility index (Phi) is 5.25. The van der Waals surface area contributed by atoms with Crippen LogP contribution < -0.4 is 4.74 Å². The van der Waals surface area contributed by atoms with Crippen LogP contribution in [-0.4, -0.2) is 22.5 Å². The van der Waals surface area contributed by atoms with Gasteiger partial charge in [-0.05, 0) is 36.4 Å². The molecule has 1 aromatic heterocycles. The summed E-state index contributed by atoms with van der Waals surface area (Å²) < 4.78 is 76.1. The fourth-order valence-electron chi connectivity index (χ4n) is 2.12. The van der Waals surface area contributed by atoms with Crippen molar-refractivity contribution >= 4 is 5.97 Å². The molecule has 1 heterocycles. The van der Waals surface area contributed by atoms with Gasteiger partial charge >= 0.3 is 12.3 Å². The monoisotopic (exact) mass is 400 g/mol. The molecule has 0 aliphatic carbocycles. The molecule has 0 aliphatic rings. The smallest absolute Gasteiger partial charge is 0.452 e. The molecule has 0 atom stereocenters. The quantitative estimate of drug-likeness (QED) is 0.470. The summed E-state index contributed by atoms with van der Waals surface area (Å²) in [5.41, 5.74) is -0.0134. The average molecular weight is 400 g/mol. The first kappa shape index (κ1) is 19.3. The zero-order chi connectivity index (χ0) is 20.3. The molecule has 11 heteroatoms. The molecule has 0 unspecified atom stereocenters. The van der Waals surface area contributed by atoms with Gasteiger partial charge in [-0.1, -0.05) is 5.16 Å². The minimum absolute atomic E-state index is 0.0291. The Labute approximate surface area is 153 Å². The lowest BCUT2D eigenvalue weighted by Crippen LogP contribution is -2.16. The maximum Gasteiger partial charge on any atom is 0.573 e. The number of hydrogen-bond acceptors (Lipinski definition) is 6. The molecule has 2 aromatic carbocycles. The van der Waals surface area contributed by atoms with Gasteiger partial charge in [-0.15, -0.1) is 13.2 Å². The average Bonchev–Trinajstić information content (AvgIpc) is 3.07. The molecule has 0 radical (unpaired) electrons. The lowest BCUT2D eigenvalue weighted by molar-refractivity contribution is -0.274. The molecule has 0 saturated heterocycles. The Hall–Kier alpha value is -3.50. The van der Waals surface area contributed by atoms with Gasteiger partial charge in [-0.2, -0.15) is 4.98 Å². The summed E-state index contributed by atoms with van der Waals surface area (Å²) in [5, 5.41) is 3.61. The maximum absolute atomic E-state index is 13.1. The highest BCUT2D eigenvalue weighted by atomic mass is 19.4. The number of ether oxygens (including phenoxy) is 2. The van der Waals surface area contributed by atoms with Crippen LogP contribution in [-0.2, 0) is 11.3 Å².